The molecule has 0 radical (unpaired) electrons. The highest BCUT2D eigenvalue weighted by atomic mass is 32.2. The van der Waals surface area contributed by atoms with E-state index < -0.39 is 5.97 Å². The number of carbonyl (C=O) groups is 1. The summed E-state index contributed by atoms with van der Waals surface area (Å²) in [6, 6.07) is 0. The summed E-state index contributed by atoms with van der Waals surface area (Å²) in [5.74, 6) is -0.277. The maximum Gasteiger partial charge on any atom is 0.304 e. The molecule has 0 aromatic carbocycles. The van der Waals surface area contributed by atoms with E-state index in [0.717, 1.165) is 0 Å². The summed E-state index contributed by atoms with van der Waals surface area (Å²) >= 11 is 7.42. The van der Waals surface area contributed by atoms with Crippen molar-refractivity contribution in [2.75, 3.05) is 5.75 Å². The number of rotatable bonds is 4. The summed E-state index contributed by atoms with van der Waals surface area (Å²) in [7, 11) is 0. The molecule has 66 valence electrons. The Bertz CT molecular complexity index is 318. The number of hydrogen-bond donors (Lipinski definition) is 2. The van der Waals surface area contributed by atoms with Gasteiger partial charge in [-0.15, -0.1) is 0 Å². The molecular weight excluding hydrogens is 216 g/mol. The number of H-pyrrole nitrogens is 1. The number of hydrogen-bond acceptors (Lipinski definition) is 5. The third kappa shape index (κ3) is 3.33. The fraction of sp³-hybridized carbons (Fsp3) is 0.400. The molecule has 0 aliphatic heterocycles. The first-order valence-corrected chi connectivity index (χ1v) is 5.29. The first kappa shape index (κ1) is 9.69. The largest absolute Gasteiger partial charge is 0.481 e. The Hall–Kier alpha value is -0.400. The lowest BCUT2D eigenvalue weighted by Gasteiger charge is -1.91. The SMILES string of the molecule is O=C(O)CCSc1nc(=S)s[nH]1. The minimum Gasteiger partial charge on any atom is -0.481 e. The van der Waals surface area contributed by atoms with Crippen molar-refractivity contribution in [3.05, 3.63) is 3.95 Å². The molecule has 0 amide bonds. The Morgan fingerprint density at radius 1 is 1.83 bits per heavy atom. The zero-order valence-corrected chi connectivity index (χ0v) is 8.39. The molecule has 0 bridgehead atoms. The van der Waals surface area contributed by atoms with Crippen molar-refractivity contribution in [1.29, 1.82) is 0 Å². The molecule has 12 heavy (non-hydrogen) atoms. The molecular formula is C5H6N2O2S3. The summed E-state index contributed by atoms with van der Waals surface area (Å²) in [6.07, 6.45) is 0.142. The van der Waals surface area contributed by atoms with Crippen LogP contribution in [0.1, 0.15) is 6.42 Å². The minimum absolute atomic E-state index is 0.142. The molecule has 4 nitrogen and oxygen atoms in total. The van der Waals surface area contributed by atoms with Crippen LogP contribution >= 0.6 is 35.5 Å². The predicted octanol–water partition coefficient (Wildman–Crippen LogP) is 1.77. The standard InChI is InChI=1S/C5H6N2O2S3/c8-3(9)1-2-11-4-6-5(10)12-7-4/h1-2H2,(H,8,9)(H,6,7,10). The number of nitrogens with one attached hydrogen (secondary N) is 1. The van der Waals surface area contributed by atoms with Crippen molar-refractivity contribution in [2.45, 2.75) is 11.6 Å². The number of thioether (sulfide) groups is 1. The highest BCUT2D eigenvalue weighted by Gasteiger charge is 2.00. The second-order valence-corrected chi connectivity index (χ2v) is 4.40. The lowest BCUT2D eigenvalue weighted by molar-refractivity contribution is -0.136. The summed E-state index contributed by atoms with van der Waals surface area (Å²) in [4.78, 5) is 14.1. The number of nitrogens with zero attached hydrogens (tertiary/aromatic N) is 1. The Labute approximate surface area is 82.2 Å². The smallest absolute Gasteiger partial charge is 0.304 e. The minimum atomic E-state index is -0.795. The van der Waals surface area contributed by atoms with E-state index >= 15 is 0 Å². The van der Waals surface area contributed by atoms with Crippen LogP contribution in [0.15, 0.2) is 5.16 Å². The lowest BCUT2D eigenvalue weighted by Crippen LogP contribution is -1.95. The normalized spacial score (nSPS) is 10.0. The number of aromatic amines is 1. The Balaban J connectivity index is 2.33. The van der Waals surface area contributed by atoms with Crippen LogP contribution in [0.25, 0.3) is 0 Å². The molecule has 0 aliphatic carbocycles. The Morgan fingerprint density at radius 2 is 2.58 bits per heavy atom. The predicted molar refractivity (Wildman–Crippen MR) is 50.3 cm³/mol. The summed E-state index contributed by atoms with van der Waals surface area (Å²) in [5, 5.41) is 9.04. The first-order valence-electron chi connectivity index (χ1n) is 3.08. The van der Waals surface area contributed by atoms with Gasteiger partial charge in [0.15, 0.2) is 9.11 Å². The van der Waals surface area contributed by atoms with Gasteiger partial charge in [0.05, 0.1) is 6.42 Å². The molecule has 0 fully saturated rings. The molecule has 1 aromatic rings. The molecule has 0 saturated heterocycles. The summed E-state index contributed by atoms with van der Waals surface area (Å²) < 4.78 is 3.42. The van der Waals surface area contributed by atoms with Gasteiger partial charge in [-0.05, 0) is 23.8 Å². The van der Waals surface area contributed by atoms with E-state index in [2.05, 4.69) is 9.36 Å². The number of aromatic nitrogens is 2. The van der Waals surface area contributed by atoms with Gasteiger partial charge in [0.2, 0.25) is 0 Å². The second-order valence-electron chi connectivity index (χ2n) is 1.88. The first-order chi connectivity index (χ1) is 5.68. The fourth-order valence-corrected chi connectivity index (χ4v) is 2.19. The van der Waals surface area contributed by atoms with E-state index in [1.165, 1.54) is 23.3 Å². The van der Waals surface area contributed by atoms with Crippen LogP contribution in [0, 0.1) is 3.95 Å². The van der Waals surface area contributed by atoms with E-state index in [1.54, 1.807) is 0 Å². The van der Waals surface area contributed by atoms with Gasteiger partial charge < -0.3 is 5.11 Å². The number of carboxylic acid groups (broad SMARTS) is 1. The maximum absolute atomic E-state index is 10.1. The van der Waals surface area contributed by atoms with Crippen molar-refractivity contribution in [3.8, 4) is 0 Å². The van der Waals surface area contributed by atoms with Crippen LogP contribution in [0.3, 0.4) is 0 Å². The quantitative estimate of drug-likeness (QED) is 0.600. The lowest BCUT2D eigenvalue weighted by atomic mass is 10.5. The third-order valence-electron chi connectivity index (χ3n) is 0.973. The van der Waals surface area contributed by atoms with Crippen molar-refractivity contribution in [1.82, 2.24) is 9.36 Å². The van der Waals surface area contributed by atoms with Crippen LogP contribution in [-0.4, -0.2) is 26.2 Å². The van der Waals surface area contributed by atoms with Crippen LogP contribution < -0.4 is 0 Å². The van der Waals surface area contributed by atoms with E-state index in [4.69, 9.17) is 17.3 Å². The van der Waals surface area contributed by atoms with Gasteiger partial charge in [-0.2, -0.15) is 0 Å². The van der Waals surface area contributed by atoms with E-state index in [-0.39, 0.29) is 6.42 Å². The van der Waals surface area contributed by atoms with Gasteiger partial charge in [-0.1, -0.05) is 11.8 Å². The Kier molecular flexibility index (Phi) is 3.70. The van der Waals surface area contributed by atoms with Crippen molar-refractivity contribution in [2.24, 2.45) is 0 Å². The van der Waals surface area contributed by atoms with E-state index in [1.807, 2.05) is 0 Å². The second kappa shape index (κ2) is 4.58. The van der Waals surface area contributed by atoms with Gasteiger partial charge in [0.25, 0.3) is 0 Å². The highest BCUT2D eigenvalue weighted by Crippen LogP contribution is 2.15. The molecule has 0 spiro atoms. The van der Waals surface area contributed by atoms with Gasteiger partial charge in [-0.3, -0.25) is 9.17 Å². The molecule has 1 heterocycles. The van der Waals surface area contributed by atoms with Crippen LogP contribution in [-0.2, 0) is 4.79 Å². The topological polar surface area (TPSA) is 66.0 Å². The van der Waals surface area contributed by atoms with Gasteiger partial charge in [-0.25, -0.2) is 4.98 Å². The van der Waals surface area contributed by atoms with Crippen molar-refractivity contribution < 1.29 is 9.90 Å². The van der Waals surface area contributed by atoms with Crippen LogP contribution in [0.2, 0.25) is 0 Å². The summed E-state index contributed by atoms with van der Waals surface area (Å²) in [5.41, 5.74) is 0. The number of carboxylic acids is 1. The van der Waals surface area contributed by atoms with Gasteiger partial charge >= 0.3 is 5.97 Å². The monoisotopic (exact) mass is 222 g/mol. The summed E-state index contributed by atoms with van der Waals surface area (Å²) in [6.45, 7) is 0. The van der Waals surface area contributed by atoms with Crippen molar-refractivity contribution >= 4 is 41.5 Å². The molecule has 0 atom stereocenters. The molecule has 1 rings (SSSR count). The van der Waals surface area contributed by atoms with Crippen molar-refractivity contribution in [3.63, 3.8) is 0 Å². The molecule has 0 unspecified atom stereocenters. The molecule has 1 aromatic heterocycles. The zero-order valence-electron chi connectivity index (χ0n) is 5.94. The molecule has 0 saturated carbocycles. The zero-order chi connectivity index (χ0) is 8.97. The molecule has 2 N–H and O–H groups in total. The average Bonchev–Trinajstić information content (AvgIpc) is 2.35. The Morgan fingerprint density at radius 3 is 3.08 bits per heavy atom. The maximum atomic E-state index is 10.1. The van der Waals surface area contributed by atoms with Gasteiger partial charge in [0.1, 0.15) is 0 Å². The van der Waals surface area contributed by atoms with Crippen LogP contribution in [0.5, 0.6) is 0 Å². The average molecular weight is 222 g/mol. The molecule has 7 heteroatoms. The molecule has 0 aliphatic rings. The van der Waals surface area contributed by atoms with E-state index in [9.17, 15) is 4.79 Å². The highest BCUT2D eigenvalue weighted by molar-refractivity contribution is 7.99. The third-order valence-corrected chi connectivity index (χ3v) is 2.88. The fourth-order valence-electron chi connectivity index (χ4n) is 0.513. The van der Waals surface area contributed by atoms with E-state index in [0.29, 0.717) is 14.9 Å². The van der Waals surface area contributed by atoms with Crippen LogP contribution in [0.4, 0.5) is 0 Å². The number of aliphatic carboxylic acids is 1. The van der Waals surface area contributed by atoms with Gasteiger partial charge in [0, 0.05) is 5.75 Å².